The van der Waals surface area contributed by atoms with Crippen LogP contribution >= 0.6 is 0 Å². The molecule has 2 atom stereocenters. The minimum absolute atomic E-state index is 0.0508. The minimum atomic E-state index is -0.0508. The fraction of sp³-hybridized carbons (Fsp3) is 0.632. The van der Waals surface area contributed by atoms with E-state index in [-0.39, 0.29) is 24.3 Å². The van der Waals surface area contributed by atoms with Crippen LogP contribution in [0.25, 0.3) is 0 Å². The highest BCUT2D eigenvalue weighted by molar-refractivity contribution is 5.95. The lowest BCUT2D eigenvalue weighted by Gasteiger charge is -2.30. The molecule has 144 valence electrons. The van der Waals surface area contributed by atoms with Crippen LogP contribution in [0.3, 0.4) is 0 Å². The Morgan fingerprint density at radius 2 is 1.73 bits per heavy atom. The monoisotopic (exact) mass is 364 g/mol. The van der Waals surface area contributed by atoms with Crippen LogP contribution < -0.4 is 9.47 Å². The van der Waals surface area contributed by atoms with Gasteiger partial charge in [-0.05, 0) is 18.1 Å². The number of nitrogens with zero attached hydrogens (tertiary/aromatic N) is 2. The molecule has 0 spiro atoms. The van der Waals surface area contributed by atoms with Crippen LogP contribution in [-0.4, -0.2) is 87.6 Å². The predicted molar refractivity (Wildman–Crippen MR) is 96.8 cm³/mol. The molecular weight excluding hydrogens is 336 g/mol. The van der Waals surface area contributed by atoms with Crippen molar-refractivity contribution in [2.75, 3.05) is 66.8 Å². The van der Waals surface area contributed by atoms with Gasteiger partial charge in [0.25, 0.3) is 5.91 Å². The van der Waals surface area contributed by atoms with E-state index in [4.69, 9.17) is 14.2 Å². The average Bonchev–Trinajstić information content (AvgIpc) is 3.10. The van der Waals surface area contributed by atoms with E-state index in [1.54, 1.807) is 32.4 Å². The molecule has 26 heavy (non-hydrogen) atoms. The number of hydrogen-bond donors (Lipinski definition) is 1. The Morgan fingerprint density at radius 3 is 2.31 bits per heavy atom. The number of benzene rings is 1. The molecule has 0 bridgehead atoms. The average molecular weight is 364 g/mol. The third kappa shape index (κ3) is 4.28. The van der Waals surface area contributed by atoms with Crippen molar-refractivity contribution in [1.82, 2.24) is 9.80 Å². The summed E-state index contributed by atoms with van der Waals surface area (Å²) in [7, 11) is 3.14. The third-order valence-corrected chi connectivity index (χ3v) is 5.29. The molecule has 2 unspecified atom stereocenters. The van der Waals surface area contributed by atoms with Crippen molar-refractivity contribution in [3.8, 4) is 11.5 Å². The number of morpholine rings is 1. The van der Waals surface area contributed by atoms with Gasteiger partial charge in [-0.3, -0.25) is 9.69 Å². The van der Waals surface area contributed by atoms with Crippen molar-refractivity contribution in [1.29, 1.82) is 0 Å². The third-order valence-electron chi connectivity index (χ3n) is 5.29. The van der Waals surface area contributed by atoms with Gasteiger partial charge in [-0.25, -0.2) is 0 Å². The van der Waals surface area contributed by atoms with Crippen molar-refractivity contribution >= 4 is 5.91 Å². The standard InChI is InChI=1S/C19H28N2O5/c1-24-17-7-14(8-18(9-17)25-2)19(23)21-11-15(16(12-21)13-22)10-20-3-5-26-6-4-20/h7-9,15-16,22H,3-6,10-13H2,1-2H3. The number of rotatable bonds is 6. The molecule has 1 aromatic carbocycles. The highest BCUT2D eigenvalue weighted by atomic mass is 16.5. The van der Waals surface area contributed by atoms with Gasteiger partial charge in [-0.1, -0.05) is 0 Å². The minimum Gasteiger partial charge on any atom is -0.497 e. The molecule has 3 rings (SSSR count). The van der Waals surface area contributed by atoms with Crippen molar-refractivity contribution in [3.05, 3.63) is 23.8 Å². The van der Waals surface area contributed by atoms with Crippen LogP contribution in [0.2, 0.25) is 0 Å². The molecule has 1 aromatic rings. The maximum Gasteiger partial charge on any atom is 0.254 e. The number of amides is 1. The molecule has 0 aromatic heterocycles. The fourth-order valence-corrected chi connectivity index (χ4v) is 3.75. The highest BCUT2D eigenvalue weighted by Crippen LogP contribution is 2.28. The molecule has 7 nitrogen and oxygen atoms in total. The van der Waals surface area contributed by atoms with Crippen molar-refractivity contribution in [2.24, 2.45) is 11.8 Å². The Hall–Kier alpha value is -1.83. The maximum atomic E-state index is 13.0. The number of methoxy groups -OCH3 is 2. The second-order valence-electron chi connectivity index (χ2n) is 6.93. The zero-order valence-corrected chi connectivity index (χ0v) is 15.5. The molecular formula is C19H28N2O5. The summed E-state index contributed by atoms with van der Waals surface area (Å²) in [5.41, 5.74) is 0.546. The Labute approximate surface area is 154 Å². The van der Waals surface area contributed by atoms with Crippen molar-refractivity contribution < 1.29 is 24.1 Å². The summed E-state index contributed by atoms with van der Waals surface area (Å²) in [6, 6.07) is 5.21. The van der Waals surface area contributed by atoms with Crippen LogP contribution in [0.1, 0.15) is 10.4 Å². The number of carbonyl (C=O) groups excluding carboxylic acids is 1. The van der Waals surface area contributed by atoms with Gasteiger partial charge in [0.2, 0.25) is 0 Å². The van der Waals surface area contributed by atoms with E-state index in [1.165, 1.54) is 0 Å². The predicted octanol–water partition coefficient (Wildman–Crippen LogP) is 0.717. The number of aliphatic hydroxyl groups excluding tert-OH is 1. The molecule has 1 N–H and O–H groups in total. The van der Waals surface area contributed by atoms with Gasteiger partial charge in [0.15, 0.2) is 0 Å². The van der Waals surface area contributed by atoms with Crippen LogP contribution in [-0.2, 0) is 4.74 Å². The number of ether oxygens (including phenoxy) is 3. The zero-order valence-electron chi connectivity index (χ0n) is 15.5. The van der Waals surface area contributed by atoms with E-state index in [2.05, 4.69) is 4.90 Å². The topological polar surface area (TPSA) is 71.5 Å². The van der Waals surface area contributed by atoms with Crippen molar-refractivity contribution in [2.45, 2.75) is 0 Å². The quantitative estimate of drug-likeness (QED) is 0.802. The Kier molecular flexibility index (Phi) is 6.34. The lowest BCUT2D eigenvalue weighted by Crippen LogP contribution is -2.41. The van der Waals surface area contributed by atoms with E-state index in [0.29, 0.717) is 30.2 Å². The fourth-order valence-electron chi connectivity index (χ4n) is 3.75. The zero-order chi connectivity index (χ0) is 18.5. The van der Waals surface area contributed by atoms with E-state index in [9.17, 15) is 9.90 Å². The summed E-state index contributed by atoms with van der Waals surface area (Å²) in [4.78, 5) is 17.2. The molecule has 1 amide bonds. The molecule has 2 heterocycles. The second kappa shape index (κ2) is 8.70. The van der Waals surface area contributed by atoms with Crippen molar-refractivity contribution in [3.63, 3.8) is 0 Å². The number of hydrogen-bond acceptors (Lipinski definition) is 6. The van der Waals surface area contributed by atoms with E-state index in [1.807, 2.05) is 4.90 Å². The summed E-state index contributed by atoms with van der Waals surface area (Å²) in [6.07, 6.45) is 0. The summed E-state index contributed by atoms with van der Waals surface area (Å²) < 4.78 is 15.9. The van der Waals surface area contributed by atoms with Gasteiger partial charge in [0.1, 0.15) is 11.5 Å². The number of likely N-dealkylation sites (tertiary alicyclic amines) is 1. The van der Waals surface area contributed by atoms with Gasteiger partial charge in [-0.2, -0.15) is 0 Å². The highest BCUT2D eigenvalue weighted by Gasteiger charge is 2.36. The maximum absolute atomic E-state index is 13.0. The first-order chi connectivity index (χ1) is 12.6. The van der Waals surface area contributed by atoms with Crippen LogP contribution in [0, 0.1) is 11.8 Å². The molecule has 2 fully saturated rings. The van der Waals surface area contributed by atoms with Gasteiger partial charge < -0.3 is 24.2 Å². The van der Waals surface area contributed by atoms with Gasteiger partial charge in [0.05, 0.1) is 27.4 Å². The first kappa shape index (κ1) is 18.9. The molecule has 0 radical (unpaired) electrons. The molecule has 2 aliphatic rings. The largest absolute Gasteiger partial charge is 0.497 e. The van der Waals surface area contributed by atoms with E-state index >= 15 is 0 Å². The molecule has 0 aliphatic carbocycles. The smallest absolute Gasteiger partial charge is 0.254 e. The molecule has 0 saturated carbocycles. The van der Waals surface area contributed by atoms with Gasteiger partial charge in [-0.15, -0.1) is 0 Å². The van der Waals surface area contributed by atoms with Crippen LogP contribution in [0.4, 0.5) is 0 Å². The molecule has 2 saturated heterocycles. The number of aliphatic hydroxyl groups is 1. The van der Waals surface area contributed by atoms with Gasteiger partial charge >= 0.3 is 0 Å². The summed E-state index contributed by atoms with van der Waals surface area (Å²) in [6.45, 7) is 5.54. The lowest BCUT2D eigenvalue weighted by atomic mass is 9.96. The first-order valence-electron chi connectivity index (χ1n) is 9.08. The Morgan fingerprint density at radius 1 is 1.12 bits per heavy atom. The number of carbonyl (C=O) groups is 1. The lowest BCUT2D eigenvalue weighted by molar-refractivity contribution is 0.0264. The summed E-state index contributed by atoms with van der Waals surface area (Å²) >= 11 is 0. The van der Waals surface area contributed by atoms with E-state index in [0.717, 1.165) is 32.8 Å². The molecule has 7 heteroatoms. The van der Waals surface area contributed by atoms with E-state index < -0.39 is 0 Å². The first-order valence-corrected chi connectivity index (χ1v) is 9.08. The van der Waals surface area contributed by atoms with Gasteiger partial charge in [0, 0.05) is 56.9 Å². The Bertz CT molecular complexity index is 596. The second-order valence-corrected chi connectivity index (χ2v) is 6.93. The normalized spacial score (nSPS) is 23.9. The Balaban J connectivity index is 1.70. The SMILES string of the molecule is COc1cc(OC)cc(C(=O)N2CC(CO)C(CN3CCOCC3)C2)c1. The summed E-state index contributed by atoms with van der Waals surface area (Å²) in [5, 5.41) is 9.78. The van der Waals surface area contributed by atoms with Crippen LogP contribution in [0.5, 0.6) is 11.5 Å². The van der Waals surface area contributed by atoms with Crippen LogP contribution in [0.15, 0.2) is 18.2 Å². The molecule has 2 aliphatic heterocycles. The summed E-state index contributed by atoms with van der Waals surface area (Å²) in [5.74, 6) is 1.51.